The number of amides is 1. The fourth-order valence-electron chi connectivity index (χ4n) is 3.33. The van der Waals surface area contributed by atoms with Gasteiger partial charge in [0.25, 0.3) is 5.91 Å². The molecule has 0 radical (unpaired) electrons. The number of aromatic amines is 1. The van der Waals surface area contributed by atoms with Crippen molar-refractivity contribution in [1.82, 2.24) is 24.8 Å². The van der Waals surface area contributed by atoms with E-state index in [4.69, 9.17) is 0 Å². The second-order valence-corrected chi connectivity index (χ2v) is 7.59. The summed E-state index contributed by atoms with van der Waals surface area (Å²) in [4.78, 5) is 28.4. The number of hydrogen-bond donors (Lipinski definition) is 1. The fraction of sp³-hybridized carbons (Fsp3) is 0.389. The highest BCUT2D eigenvalue weighted by Gasteiger charge is 2.23. The molecule has 136 valence electrons. The molecule has 0 atom stereocenters. The number of hydrogen-bond acceptors (Lipinski definition) is 5. The summed E-state index contributed by atoms with van der Waals surface area (Å²) in [7, 11) is 0. The number of carbonyl (C=O) groups is 1. The zero-order valence-electron chi connectivity index (χ0n) is 14.5. The van der Waals surface area contributed by atoms with Crippen molar-refractivity contribution >= 4 is 28.3 Å². The zero-order valence-corrected chi connectivity index (χ0v) is 15.4. The number of fused-ring (bicyclic) bond motifs is 1. The smallest absolute Gasteiger partial charge is 0.256 e. The van der Waals surface area contributed by atoms with E-state index < -0.39 is 5.82 Å². The first-order chi connectivity index (χ1) is 12.6. The van der Waals surface area contributed by atoms with E-state index >= 15 is 0 Å². The molecule has 2 aromatic heterocycles. The number of benzene rings is 1. The maximum absolute atomic E-state index is 14.4. The van der Waals surface area contributed by atoms with Crippen LogP contribution >= 0.6 is 11.3 Å². The summed E-state index contributed by atoms with van der Waals surface area (Å²) in [5.41, 5.74) is 2.36. The Kier molecular flexibility index (Phi) is 4.69. The molecule has 26 heavy (non-hydrogen) atoms. The minimum absolute atomic E-state index is 0.0909. The van der Waals surface area contributed by atoms with Crippen LogP contribution in [0.5, 0.6) is 0 Å². The summed E-state index contributed by atoms with van der Waals surface area (Å²) in [5, 5.41) is 3.15. The molecule has 1 aliphatic rings. The maximum Gasteiger partial charge on any atom is 0.256 e. The van der Waals surface area contributed by atoms with E-state index in [1.807, 2.05) is 6.92 Å². The van der Waals surface area contributed by atoms with E-state index in [1.165, 1.54) is 18.5 Å². The van der Waals surface area contributed by atoms with Gasteiger partial charge in [-0.05, 0) is 19.4 Å². The number of H-pyrrole nitrogens is 1. The summed E-state index contributed by atoms with van der Waals surface area (Å²) in [6, 6.07) is 2.87. The molecule has 6 nitrogen and oxygen atoms in total. The van der Waals surface area contributed by atoms with Gasteiger partial charge >= 0.3 is 0 Å². The summed E-state index contributed by atoms with van der Waals surface area (Å²) in [5.74, 6) is -0.774. The molecule has 1 aromatic carbocycles. The Morgan fingerprint density at radius 1 is 1.31 bits per heavy atom. The predicted octanol–water partition coefficient (Wildman–Crippen LogP) is 2.82. The van der Waals surface area contributed by atoms with Crippen molar-refractivity contribution in [3.8, 4) is 0 Å². The van der Waals surface area contributed by atoms with Gasteiger partial charge in [-0.15, -0.1) is 11.3 Å². The van der Waals surface area contributed by atoms with Crippen molar-refractivity contribution in [2.45, 2.75) is 19.9 Å². The van der Waals surface area contributed by atoms with Gasteiger partial charge in [-0.25, -0.2) is 14.4 Å². The van der Waals surface area contributed by atoms with Gasteiger partial charge in [-0.3, -0.25) is 9.69 Å². The topological polar surface area (TPSA) is 65.1 Å². The molecule has 1 saturated heterocycles. The molecule has 3 heterocycles. The molecule has 0 saturated carbocycles. The third kappa shape index (κ3) is 3.47. The van der Waals surface area contributed by atoms with Crippen molar-refractivity contribution < 1.29 is 9.18 Å². The van der Waals surface area contributed by atoms with Crippen LogP contribution in [0.2, 0.25) is 0 Å². The normalized spacial score (nSPS) is 16.2. The second-order valence-electron chi connectivity index (χ2n) is 6.53. The standard InChI is InChI=1S/C18H20FN5OS/c1-12-22-13(10-26-12)9-23-3-2-4-24(6-5-23)18(25)14-7-16-17(8-15(14)19)21-11-20-16/h7-8,10-11H,2-6,9H2,1H3,(H,20,21). The van der Waals surface area contributed by atoms with E-state index in [0.717, 1.165) is 36.8 Å². The Balaban J connectivity index is 1.45. The highest BCUT2D eigenvalue weighted by Crippen LogP contribution is 2.19. The highest BCUT2D eigenvalue weighted by molar-refractivity contribution is 7.09. The molecule has 3 aromatic rings. The molecule has 1 N–H and O–H groups in total. The van der Waals surface area contributed by atoms with Crippen LogP contribution in [0.4, 0.5) is 4.39 Å². The molecule has 0 bridgehead atoms. The zero-order chi connectivity index (χ0) is 18.1. The number of nitrogens with one attached hydrogen (secondary N) is 1. The summed E-state index contributed by atoms with van der Waals surface area (Å²) in [6.07, 6.45) is 2.36. The molecular formula is C18H20FN5OS. The number of thiazole rings is 1. The number of aryl methyl sites for hydroxylation is 1. The van der Waals surface area contributed by atoms with Crippen molar-refractivity contribution in [3.63, 3.8) is 0 Å². The number of imidazole rings is 1. The first-order valence-electron chi connectivity index (χ1n) is 8.65. The van der Waals surface area contributed by atoms with Crippen LogP contribution in [0.1, 0.15) is 27.5 Å². The number of carbonyl (C=O) groups excluding carboxylic acids is 1. The third-order valence-electron chi connectivity index (χ3n) is 4.67. The Bertz CT molecular complexity index is 937. The quantitative estimate of drug-likeness (QED) is 0.767. The van der Waals surface area contributed by atoms with Gasteiger partial charge in [-0.2, -0.15) is 0 Å². The van der Waals surface area contributed by atoms with E-state index in [9.17, 15) is 9.18 Å². The van der Waals surface area contributed by atoms with E-state index in [1.54, 1.807) is 16.2 Å². The first kappa shape index (κ1) is 17.1. The number of rotatable bonds is 3. The first-order valence-corrected chi connectivity index (χ1v) is 9.53. The van der Waals surface area contributed by atoms with E-state index in [-0.39, 0.29) is 11.5 Å². The van der Waals surface area contributed by atoms with Gasteiger partial charge in [0.2, 0.25) is 0 Å². The highest BCUT2D eigenvalue weighted by atomic mass is 32.1. The summed E-state index contributed by atoms with van der Waals surface area (Å²) < 4.78 is 14.4. The largest absolute Gasteiger partial charge is 0.345 e. The van der Waals surface area contributed by atoms with Crippen LogP contribution in [-0.4, -0.2) is 56.8 Å². The lowest BCUT2D eigenvalue weighted by molar-refractivity contribution is 0.0756. The van der Waals surface area contributed by atoms with Crippen LogP contribution in [0, 0.1) is 12.7 Å². The Morgan fingerprint density at radius 2 is 2.19 bits per heavy atom. The number of nitrogens with zero attached hydrogens (tertiary/aromatic N) is 4. The van der Waals surface area contributed by atoms with Crippen molar-refractivity contribution in [3.05, 3.63) is 45.9 Å². The average Bonchev–Trinajstić information content (AvgIpc) is 3.17. The molecule has 0 spiro atoms. The number of aromatic nitrogens is 3. The van der Waals surface area contributed by atoms with Gasteiger partial charge in [0.15, 0.2) is 0 Å². The summed E-state index contributed by atoms with van der Waals surface area (Å²) >= 11 is 1.65. The van der Waals surface area contributed by atoms with Crippen LogP contribution in [0.3, 0.4) is 0 Å². The molecule has 1 aliphatic heterocycles. The van der Waals surface area contributed by atoms with Crippen LogP contribution in [0.25, 0.3) is 11.0 Å². The predicted molar refractivity (Wildman–Crippen MR) is 98.7 cm³/mol. The molecular weight excluding hydrogens is 353 g/mol. The van der Waals surface area contributed by atoms with Crippen molar-refractivity contribution in [2.24, 2.45) is 0 Å². The van der Waals surface area contributed by atoms with Crippen LogP contribution < -0.4 is 0 Å². The fourth-order valence-corrected chi connectivity index (χ4v) is 3.94. The lowest BCUT2D eigenvalue weighted by Gasteiger charge is -2.22. The second kappa shape index (κ2) is 7.13. The Morgan fingerprint density at radius 3 is 3.00 bits per heavy atom. The molecule has 4 rings (SSSR count). The van der Waals surface area contributed by atoms with Gasteiger partial charge in [-0.1, -0.05) is 0 Å². The number of halogens is 1. The van der Waals surface area contributed by atoms with Crippen LogP contribution in [0.15, 0.2) is 23.8 Å². The van der Waals surface area contributed by atoms with Gasteiger partial charge in [0.05, 0.1) is 33.6 Å². The maximum atomic E-state index is 14.4. The molecule has 0 unspecified atom stereocenters. The van der Waals surface area contributed by atoms with Gasteiger partial charge in [0.1, 0.15) is 5.82 Å². The summed E-state index contributed by atoms with van der Waals surface area (Å²) in [6.45, 7) is 5.67. The van der Waals surface area contributed by atoms with Crippen LogP contribution in [-0.2, 0) is 6.54 Å². The minimum atomic E-state index is -0.509. The average molecular weight is 373 g/mol. The Hall–Kier alpha value is -2.32. The third-order valence-corrected chi connectivity index (χ3v) is 5.49. The van der Waals surface area contributed by atoms with Crippen molar-refractivity contribution in [1.29, 1.82) is 0 Å². The Labute approximate surface area is 154 Å². The molecule has 8 heteroatoms. The molecule has 1 fully saturated rings. The van der Waals surface area contributed by atoms with Gasteiger partial charge < -0.3 is 9.88 Å². The monoisotopic (exact) mass is 373 g/mol. The lowest BCUT2D eigenvalue weighted by atomic mass is 10.1. The van der Waals surface area contributed by atoms with E-state index in [0.29, 0.717) is 24.1 Å². The minimum Gasteiger partial charge on any atom is -0.345 e. The van der Waals surface area contributed by atoms with Gasteiger partial charge in [0, 0.05) is 44.2 Å². The SMILES string of the molecule is Cc1nc(CN2CCCN(C(=O)c3cc4nc[nH]c4cc3F)CC2)cs1. The lowest BCUT2D eigenvalue weighted by Crippen LogP contribution is -2.35. The van der Waals surface area contributed by atoms with Crippen molar-refractivity contribution in [2.75, 3.05) is 26.2 Å². The molecule has 1 amide bonds. The van der Waals surface area contributed by atoms with E-state index in [2.05, 4.69) is 25.2 Å². The molecule has 0 aliphatic carbocycles.